The van der Waals surface area contributed by atoms with E-state index >= 15 is 0 Å². The van der Waals surface area contributed by atoms with Gasteiger partial charge in [-0.05, 0) is 25.5 Å². The molecule has 0 saturated carbocycles. The number of carbonyl (C=O) groups is 1. The van der Waals surface area contributed by atoms with Gasteiger partial charge in [0.1, 0.15) is 0 Å². The molecule has 0 spiro atoms. The number of aryl methyl sites for hydroxylation is 2. The van der Waals surface area contributed by atoms with Crippen molar-refractivity contribution in [2.24, 2.45) is 0 Å². The average Bonchev–Trinajstić information content (AvgIpc) is 1.96. The summed E-state index contributed by atoms with van der Waals surface area (Å²) in [5.74, 6) is -0.0644. The first-order chi connectivity index (χ1) is 5.59. The SMILES string of the molecule is CC(=O)Nc1cc(C)cnc1C. The molecule has 0 unspecified atom stereocenters. The highest BCUT2D eigenvalue weighted by molar-refractivity contribution is 5.89. The molecule has 0 bridgehead atoms. The third kappa shape index (κ3) is 2.05. The fourth-order valence-corrected chi connectivity index (χ4v) is 0.954. The second-order valence-corrected chi connectivity index (χ2v) is 2.83. The first-order valence-electron chi connectivity index (χ1n) is 3.80. The van der Waals surface area contributed by atoms with Crippen LogP contribution in [-0.2, 0) is 4.79 Å². The Balaban J connectivity index is 2.97. The van der Waals surface area contributed by atoms with Gasteiger partial charge in [-0.15, -0.1) is 0 Å². The smallest absolute Gasteiger partial charge is 0.221 e. The van der Waals surface area contributed by atoms with Crippen molar-refractivity contribution in [3.63, 3.8) is 0 Å². The van der Waals surface area contributed by atoms with Crippen molar-refractivity contribution >= 4 is 11.6 Å². The highest BCUT2D eigenvalue weighted by Gasteiger charge is 2.00. The Hall–Kier alpha value is -1.38. The third-order valence-electron chi connectivity index (χ3n) is 1.53. The van der Waals surface area contributed by atoms with Gasteiger partial charge in [-0.1, -0.05) is 0 Å². The van der Waals surface area contributed by atoms with E-state index in [0.29, 0.717) is 0 Å². The van der Waals surface area contributed by atoms with Crippen molar-refractivity contribution in [3.8, 4) is 0 Å². The lowest BCUT2D eigenvalue weighted by atomic mass is 10.2. The molecule has 0 aliphatic rings. The van der Waals surface area contributed by atoms with E-state index in [4.69, 9.17) is 0 Å². The first kappa shape index (κ1) is 8.71. The van der Waals surface area contributed by atoms with E-state index in [9.17, 15) is 4.79 Å². The fourth-order valence-electron chi connectivity index (χ4n) is 0.954. The molecular formula is C9H12N2O. The summed E-state index contributed by atoms with van der Waals surface area (Å²) in [4.78, 5) is 14.9. The Morgan fingerprint density at radius 1 is 1.50 bits per heavy atom. The molecule has 0 aliphatic carbocycles. The summed E-state index contributed by atoms with van der Waals surface area (Å²) < 4.78 is 0. The molecule has 1 heterocycles. The van der Waals surface area contributed by atoms with Crippen molar-refractivity contribution in [1.29, 1.82) is 0 Å². The Bertz CT molecular complexity index is 307. The van der Waals surface area contributed by atoms with Gasteiger partial charge in [-0.25, -0.2) is 0 Å². The second kappa shape index (κ2) is 3.34. The van der Waals surface area contributed by atoms with Crippen LogP contribution in [0.1, 0.15) is 18.2 Å². The van der Waals surface area contributed by atoms with Crippen LogP contribution >= 0.6 is 0 Å². The van der Waals surface area contributed by atoms with Gasteiger partial charge < -0.3 is 5.32 Å². The standard InChI is InChI=1S/C9H12N2O/c1-6-4-9(11-8(3)12)7(2)10-5-6/h4-5H,1-3H3,(H,11,12). The zero-order valence-corrected chi connectivity index (χ0v) is 7.51. The molecule has 0 atom stereocenters. The molecule has 0 aromatic carbocycles. The van der Waals surface area contributed by atoms with E-state index in [2.05, 4.69) is 10.3 Å². The lowest BCUT2D eigenvalue weighted by molar-refractivity contribution is -0.114. The zero-order valence-electron chi connectivity index (χ0n) is 7.51. The van der Waals surface area contributed by atoms with Crippen LogP contribution in [0.2, 0.25) is 0 Å². The average molecular weight is 164 g/mol. The summed E-state index contributed by atoms with van der Waals surface area (Å²) in [6.07, 6.45) is 1.78. The van der Waals surface area contributed by atoms with Crippen LogP contribution in [0.4, 0.5) is 5.69 Å². The molecule has 12 heavy (non-hydrogen) atoms. The van der Waals surface area contributed by atoms with Crippen LogP contribution < -0.4 is 5.32 Å². The van der Waals surface area contributed by atoms with Gasteiger partial charge in [0.25, 0.3) is 0 Å². The van der Waals surface area contributed by atoms with E-state index in [1.165, 1.54) is 6.92 Å². The fraction of sp³-hybridized carbons (Fsp3) is 0.333. The predicted octanol–water partition coefficient (Wildman–Crippen LogP) is 1.66. The van der Waals surface area contributed by atoms with Crippen LogP contribution in [0.15, 0.2) is 12.3 Å². The Labute approximate surface area is 71.8 Å². The minimum Gasteiger partial charge on any atom is -0.325 e. The number of aromatic nitrogens is 1. The van der Waals surface area contributed by atoms with Crippen LogP contribution in [0.25, 0.3) is 0 Å². The normalized spacial score (nSPS) is 9.58. The van der Waals surface area contributed by atoms with Crippen molar-refractivity contribution in [2.75, 3.05) is 5.32 Å². The number of hydrogen-bond acceptors (Lipinski definition) is 2. The summed E-state index contributed by atoms with van der Waals surface area (Å²) in [6.45, 7) is 5.30. The summed E-state index contributed by atoms with van der Waals surface area (Å²) in [5.41, 5.74) is 2.68. The molecule has 3 heteroatoms. The lowest BCUT2D eigenvalue weighted by Crippen LogP contribution is -2.07. The van der Waals surface area contributed by atoms with Gasteiger partial charge in [0.2, 0.25) is 5.91 Å². The van der Waals surface area contributed by atoms with Gasteiger partial charge in [0.05, 0.1) is 11.4 Å². The lowest BCUT2D eigenvalue weighted by Gasteiger charge is -2.05. The molecule has 1 amide bonds. The maximum Gasteiger partial charge on any atom is 0.221 e. The highest BCUT2D eigenvalue weighted by Crippen LogP contribution is 2.12. The quantitative estimate of drug-likeness (QED) is 0.685. The molecule has 1 aromatic rings. The van der Waals surface area contributed by atoms with Crippen LogP contribution in [0, 0.1) is 13.8 Å². The number of rotatable bonds is 1. The van der Waals surface area contributed by atoms with Gasteiger partial charge in [-0.2, -0.15) is 0 Å². The number of carbonyl (C=O) groups excluding carboxylic acids is 1. The van der Waals surface area contributed by atoms with Crippen molar-refractivity contribution in [2.45, 2.75) is 20.8 Å². The zero-order chi connectivity index (χ0) is 9.14. The Kier molecular flexibility index (Phi) is 2.43. The number of nitrogens with one attached hydrogen (secondary N) is 1. The number of anilines is 1. The molecule has 0 aliphatic heterocycles. The minimum atomic E-state index is -0.0644. The first-order valence-corrected chi connectivity index (χ1v) is 3.80. The maximum absolute atomic E-state index is 10.7. The van der Waals surface area contributed by atoms with Crippen molar-refractivity contribution < 1.29 is 4.79 Å². The Morgan fingerprint density at radius 2 is 2.17 bits per heavy atom. The van der Waals surface area contributed by atoms with E-state index < -0.39 is 0 Å². The predicted molar refractivity (Wildman–Crippen MR) is 48.0 cm³/mol. The van der Waals surface area contributed by atoms with Gasteiger partial charge in [0, 0.05) is 13.1 Å². The van der Waals surface area contributed by atoms with E-state index in [1.807, 2.05) is 19.9 Å². The van der Waals surface area contributed by atoms with Crippen molar-refractivity contribution in [1.82, 2.24) is 4.98 Å². The van der Waals surface area contributed by atoms with Gasteiger partial charge in [0.15, 0.2) is 0 Å². The Morgan fingerprint density at radius 3 is 2.75 bits per heavy atom. The molecule has 3 nitrogen and oxygen atoms in total. The summed E-state index contributed by atoms with van der Waals surface area (Å²) in [5, 5.41) is 2.71. The molecule has 0 fully saturated rings. The number of pyridine rings is 1. The number of hydrogen-bond donors (Lipinski definition) is 1. The number of amides is 1. The van der Waals surface area contributed by atoms with Gasteiger partial charge in [-0.3, -0.25) is 9.78 Å². The molecular weight excluding hydrogens is 152 g/mol. The topological polar surface area (TPSA) is 42.0 Å². The second-order valence-electron chi connectivity index (χ2n) is 2.83. The summed E-state index contributed by atoms with van der Waals surface area (Å²) >= 11 is 0. The molecule has 0 radical (unpaired) electrons. The molecule has 1 rings (SSSR count). The van der Waals surface area contributed by atoms with Crippen LogP contribution in [0.5, 0.6) is 0 Å². The van der Waals surface area contributed by atoms with E-state index in [0.717, 1.165) is 16.9 Å². The van der Waals surface area contributed by atoms with E-state index in [-0.39, 0.29) is 5.91 Å². The maximum atomic E-state index is 10.7. The molecule has 64 valence electrons. The number of nitrogens with zero attached hydrogens (tertiary/aromatic N) is 1. The minimum absolute atomic E-state index is 0.0644. The monoisotopic (exact) mass is 164 g/mol. The molecule has 1 aromatic heterocycles. The molecule has 0 saturated heterocycles. The van der Waals surface area contributed by atoms with Crippen LogP contribution in [0.3, 0.4) is 0 Å². The molecule has 1 N–H and O–H groups in total. The van der Waals surface area contributed by atoms with Gasteiger partial charge >= 0.3 is 0 Å². The summed E-state index contributed by atoms with van der Waals surface area (Å²) in [7, 11) is 0. The summed E-state index contributed by atoms with van der Waals surface area (Å²) in [6, 6.07) is 1.91. The van der Waals surface area contributed by atoms with Crippen molar-refractivity contribution in [3.05, 3.63) is 23.5 Å². The third-order valence-corrected chi connectivity index (χ3v) is 1.53. The van der Waals surface area contributed by atoms with Crippen LogP contribution in [-0.4, -0.2) is 10.9 Å². The highest BCUT2D eigenvalue weighted by atomic mass is 16.1. The van der Waals surface area contributed by atoms with E-state index in [1.54, 1.807) is 6.20 Å². The largest absolute Gasteiger partial charge is 0.325 e.